The van der Waals surface area contributed by atoms with E-state index < -0.39 is 0 Å². The van der Waals surface area contributed by atoms with Crippen LogP contribution in [0.1, 0.15) is 26.7 Å². The van der Waals surface area contributed by atoms with Crippen molar-refractivity contribution >= 4 is 17.7 Å². The van der Waals surface area contributed by atoms with Gasteiger partial charge in [0.1, 0.15) is 5.82 Å². The van der Waals surface area contributed by atoms with E-state index in [0.29, 0.717) is 35.6 Å². The van der Waals surface area contributed by atoms with Crippen LogP contribution in [0.2, 0.25) is 0 Å². The first-order valence-corrected chi connectivity index (χ1v) is 10.2. The van der Waals surface area contributed by atoms with Crippen LogP contribution < -0.4 is 5.32 Å². The summed E-state index contributed by atoms with van der Waals surface area (Å²) in [6, 6.07) is 6.53. The third kappa shape index (κ3) is 5.29. The Kier molecular flexibility index (Phi) is 6.84. The number of aromatic nitrogens is 3. The molecule has 1 saturated heterocycles. The average molecular weight is 393 g/mol. The lowest BCUT2D eigenvalue weighted by atomic mass is 10.2. The Balaban J connectivity index is 1.67. The highest BCUT2D eigenvalue weighted by Crippen LogP contribution is 2.26. The number of nitrogens with one attached hydrogen (secondary N) is 1. The van der Waals surface area contributed by atoms with Gasteiger partial charge in [-0.15, -0.1) is 10.2 Å². The second kappa shape index (κ2) is 9.32. The molecule has 0 unspecified atom stereocenters. The molecule has 0 spiro atoms. The van der Waals surface area contributed by atoms with Crippen LogP contribution in [0, 0.1) is 11.7 Å². The van der Waals surface area contributed by atoms with Gasteiger partial charge in [-0.25, -0.2) is 4.39 Å². The van der Waals surface area contributed by atoms with Crippen molar-refractivity contribution in [2.24, 2.45) is 5.92 Å². The first-order valence-electron chi connectivity index (χ1n) is 9.23. The van der Waals surface area contributed by atoms with Crippen molar-refractivity contribution in [3.05, 3.63) is 30.1 Å². The van der Waals surface area contributed by atoms with Crippen LogP contribution in [0.25, 0.3) is 11.4 Å². The topological polar surface area (TPSA) is 69.0 Å². The molecule has 1 aliphatic heterocycles. The minimum absolute atomic E-state index is 0.0676. The van der Waals surface area contributed by atoms with Crippen molar-refractivity contribution in [3.63, 3.8) is 0 Å². The van der Waals surface area contributed by atoms with Gasteiger partial charge in [0.2, 0.25) is 5.91 Å². The molecule has 1 fully saturated rings. The zero-order valence-corrected chi connectivity index (χ0v) is 16.5. The van der Waals surface area contributed by atoms with Gasteiger partial charge in [-0.05, 0) is 30.9 Å². The number of carbonyl (C=O) groups is 1. The molecule has 146 valence electrons. The highest BCUT2D eigenvalue weighted by Gasteiger charge is 2.20. The maximum atomic E-state index is 14.2. The summed E-state index contributed by atoms with van der Waals surface area (Å²) < 4.78 is 21.6. The van der Waals surface area contributed by atoms with Crippen molar-refractivity contribution in [3.8, 4) is 11.4 Å². The Hall–Kier alpha value is -1.93. The molecule has 1 N–H and O–H groups in total. The van der Waals surface area contributed by atoms with Crippen LogP contribution in [0.15, 0.2) is 29.4 Å². The van der Waals surface area contributed by atoms with Gasteiger partial charge in [0.15, 0.2) is 11.0 Å². The SMILES string of the molecule is CC(C)Cn1c(SCC(=O)NC[C@@H]2CCCO2)nnc1-c1ccccc1F. The summed E-state index contributed by atoms with van der Waals surface area (Å²) >= 11 is 1.32. The molecule has 1 aromatic carbocycles. The molecule has 27 heavy (non-hydrogen) atoms. The van der Waals surface area contributed by atoms with Crippen molar-refractivity contribution in [1.82, 2.24) is 20.1 Å². The van der Waals surface area contributed by atoms with E-state index in [-0.39, 0.29) is 23.6 Å². The first-order chi connectivity index (χ1) is 13.0. The number of rotatable bonds is 8. The van der Waals surface area contributed by atoms with E-state index in [1.165, 1.54) is 17.8 Å². The minimum Gasteiger partial charge on any atom is -0.376 e. The molecule has 0 aliphatic carbocycles. The number of hydrogen-bond donors (Lipinski definition) is 1. The largest absolute Gasteiger partial charge is 0.376 e. The van der Waals surface area contributed by atoms with Gasteiger partial charge in [0, 0.05) is 19.7 Å². The van der Waals surface area contributed by atoms with E-state index in [1.807, 2.05) is 4.57 Å². The number of hydrogen-bond acceptors (Lipinski definition) is 5. The average Bonchev–Trinajstić information content (AvgIpc) is 3.28. The maximum absolute atomic E-state index is 14.2. The molecule has 1 atom stereocenters. The van der Waals surface area contributed by atoms with E-state index in [1.54, 1.807) is 18.2 Å². The van der Waals surface area contributed by atoms with Gasteiger partial charge in [0.05, 0.1) is 17.4 Å². The Morgan fingerprint density at radius 2 is 2.22 bits per heavy atom. The Bertz CT molecular complexity index is 775. The van der Waals surface area contributed by atoms with Crippen LogP contribution in [0.5, 0.6) is 0 Å². The zero-order valence-electron chi connectivity index (χ0n) is 15.7. The molecule has 0 radical (unpaired) electrons. The Morgan fingerprint density at radius 3 is 2.93 bits per heavy atom. The molecule has 0 saturated carbocycles. The number of halogens is 1. The Labute approximate surface area is 162 Å². The number of carbonyl (C=O) groups excluding carboxylic acids is 1. The highest BCUT2D eigenvalue weighted by atomic mass is 32.2. The fourth-order valence-electron chi connectivity index (χ4n) is 2.98. The number of nitrogens with zero attached hydrogens (tertiary/aromatic N) is 3. The van der Waals surface area contributed by atoms with Gasteiger partial charge in [-0.2, -0.15) is 0 Å². The lowest BCUT2D eigenvalue weighted by molar-refractivity contribution is -0.119. The molecule has 1 amide bonds. The lowest BCUT2D eigenvalue weighted by Gasteiger charge is -2.13. The summed E-state index contributed by atoms with van der Waals surface area (Å²) in [5.74, 6) is 0.659. The van der Waals surface area contributed by atoms with Gasteiger partial charge < -0.3 is 14.6 Å². The monoisotopic (exact) mass is 392 g/mol. The van der Waals surface area contributed by atoms with E-state index >= 15 is 0 Å². The van der Waals surface area contributed by atoms with Gasteiger partial charge in [-0.1, -0.05) is 37.7 Å². The Morgan fingerprint density at radius 1 is 1.41 bits per heavy atom. The van der Waals surface area contributed by atoms with E-state index in [9.17, 15) is 9.18 Å². The molecule has 6 nitrogen and oxygen atoms in total. The van der Waals surface area contributed by atoms with Gasteiger partial charge >= 0.3 is 0 Å². The summed E-state index contributed by atoms with van der Waals surface area (Å²) in [7, 11) is 0. The van der Waals surface area contributed by atoms with Crippen LogP contribution >= 0.6 is 11.8 Å². The molecule has 2 heterocycles. The molecule has 1 aromatic heterocycles. The predicted molar refractivity (Wildman–Crippen MR) is 103 cm³/mol. The van der Waals surface area contributed by atoms with Crippen LogP contribution in [-0.2, 0) is 16.1 Å². The molecule has 8 heteroatoms. The van der Waals surface area contributed by atoms with E-state index in [0.717, 1.165) is 19.4 Å². The van der Waals surface area contributed by atoms with Crippen LogP contribution in [-0.4, -0.2) is 45.7 Å². The van der Waals surface area contributed by atoms with Crippen molar-refractivity contribution in [2.45, 2.75) is 44.5 Å². The number of benzene rings is 1. The van der Waals surface area contributed by atoms with Gasteiger partial charge in [0.25, 0.3) is 0 Å². The summed E-state index contributed by atoms with van der Waals surface area (Å²) in [5, 5.41) is 11.9. The van der Waals surface area contributed by atoms with E-state index in [2.05, 4.69) is 29.4 Å². The minimum atomic E-state index is -0.333. The smallest absolute Gasteiger partial charge is 0.230 e. The summed E-state index contributed by atoms with van der Waals surface area (Å²) in [4.78, 5) is 12.1. The number of thioether (sulfide) groups is 1. The third-order valence-electron chi connectivity index (χ3n) is 4.26. The number of ether oxygens (including phenoxy) is 1. The standard InChI is InChI=1S/C19H25FN4O2S/c1-13(2)11-24-18(15-7-3-4-8-16(15)20)22-23-19(24)27-12-17(25)21-10-14-6-5-9-26-14/h3-4,7-8,13-14H,5-6,9-12H2,1-2H3,(H,21,25)/t14-/m0/s1. The molecule has 2 aromatic rings. The highest BCUT2D eigenvalue weighted by molar-refractivity contribution is 7.99. The van der Waals surface area contributed by atoms with Crippen molar-refractivity contribution in [2.75, 3.05) is 18.9 Å². The fraction of sp³-hybridized carbons (Fsp3) is 0.526. The van der Waals surface area contributed by atoms with Crippen LogP contribution in [0.4, 0.5) is 4.39 Å². The maximum Gasteiger partial charge on any atom is 0.230 e. The molecule has 3 rings (SSSR count). The summed E-state index contributed by atoms with van der Waals surface area (Å²) in [6.07, 6.45) is 2.16. The van der Waals surface area contributed by atoms with Gasteiger partial charge in [-0.3, -0.25) is 4.79 Å². The molecular weight excluding hydrogens is 367 g/mol. The van der Waals surface area contributed by atoms with Crippen molar-refractivity contribution < 1.29 is 13.9 Å². The fourth-order valence-corrected chi connectivity index (χ4v) is 3.76. The second-order valence-corrected chi connectivity index (χ2v) is 7.96. The quantitative estimate of drug-likeness (QED) is 0.699. The lowest BCUT2D eigenvalue weighted by Crippen LogP contribution is -2.33. The summed E-state index contributed by atoms with van der Waals surface area (Å²) in [6.45, 7) is 6.11. The molecule has 0 bridgehead atoms. The zero-order chi connectivity index (χ0) is 19.2. The third-order valence-corrected chi connectivity index (χ3v) is 5.23. The number of amides is 1. The van der Waals surface area contributed by atoms with Crippen molar-refractivity contribution in [1.29, 1.82) is 0 Å². The molecular formula is C19H25FN4O2S. The second-order valence-electron chi connectivity index (χ2n) is 7.02. The molecule has 1 aliphatic rings. The first kappa shape index (κ1) is 19.8. The van der Waals surface area contributed by atoms with Crippen LogP contribution in [0.3, 0.4) is 0 Å². The summed E-state index contributed by atoms with van der Waals surface area (Å²) in [5.41, 5.74) is 0.417. The predicted octanol–water partition coefficient (Wildman–Crippen LogP) is 3.13. The van der Waals surface area contributed by atoms with E-state index in [4.69, 9.17) is 4.74 Å². The normalized spacial score (nSPS) is 16.8.